The molecule has 0 saturated carbocycles. The second-order valence-corrected chi connectivity index (χ2v) is 9.49. The molecule has 0 fully saturated rings. The highest BCUT2D eigenvalue weighted by atomic mass is 32.1. The summed E-state index contributed by atoms with van der Waals surface area (Å²) in [5, 5.41) is 1.97. The Kier molecular flexibility index (Phi) is 6.67. The van der Waals surface area contributed by atoms with Gasteiger partial charge in [0, 0.05) is 11.6 Å². The van der Waals surface area contributed by atoms with Gasteiger partial charge in [-0.2, -0.15) is 0 Å². The smallest absolute Gasteiger partial charge is 0.338 e. The lowest BCUT2D eigenvalue weighted by Crippen LogP contribution is -2.40. The van der Waals surface area contributed by atoms with E-state index in [2.05, 4.69) is 4.99 Å². The van der Waals surface area contributed by atoms with Gasteiger partial charge in [0.2, 0.25) is 0 Å². The molecule has 5 rings (SSSR count). The van der Waals surface area contributed by atoms with Crippen LogP contribution < -0.4 is 24.4 Å². The second kappa shape index (κ2) is 10.1. The van der Waals surface area contributed by atoms with E-state index in [1.54, 1.807) is 44.8 Å². The Bertz CT molecular complexity index is 1730. The highest BCUT2D eigenvalue weighted by molar-refractivity contribution is 7.07. The molecule has 1 unspecified atom stereocenters. The number of carbonyl (C=O) groups is 1. The molecule has 8 heteroatoms. The number of fused-ring (bicyclic) bond motifs is 2. The number of allylic oxidation sites excluding steroid dienone is 1. The summed E-state index contributed by atoms with van der Waals surface area (Å²) in [5.74, 6) is 0.757. The van der Waals surface area contributed by atoms with Crippen LogP contribution in [0, 0.1) is 0 Å². The SMILES string of the molecule is CCOC(=O)C1=C(C)N=c2sc(=Cc3ccc(OC)cc3OC)c(=O)n2C1c1cccc2ccccc12. The Morgan fingerprint density at radius 1 is 1.08 bits per heavy atom. The van der Waals surface area contributed by atoms with Crippen molar-refractivity contribution in [1.29, 1.82) is 0 Å². The summed E-state index contributed by atoms with van der Waals surface area (Å²) in [4.78, 5) is 32.3. The van der Waals surface area contributed by atoms with Crippen LogP contribution in [0.25, 0.3) is 16.8 Å². The Morgan fingerprint density at radius 3 is 2.62 bits per heavy atom. The Hall–Kier alpha value is -4.17. The Labute approximate surface area is 217 Å². The number of aromatic nitrogens is 1. The number of methoxy groups -OCH3 is 2. The van der Waals surface area contributed by atoms with Gasteiger partial charge in [0.05, 0.1) is 42.7 Å². The lowest BCUT2D eigenvalue weighted by Gasteiger charge is -2.25. The van der Waals surface area contributed by atoms with Gasteiger partial charge in [0.1, 0.15) is 11.5 Å². The van der Waals surface area contributed by atoms with Crippen molar-refractivity contribution in [2.75, 3.05) is 20.8 Å². The summed E-state index contributed by atoms with van der Waals surface area (Å²) in [6.07, 6.45) is 1.78. The van der Waals surface area contributed by atoms with Gasteiger partial charge in [-0.05, 0) is 48.4 Å². The van der Waals surface area contributed by atoms with Gasteiger partial charge in [-0.25, -0.2) is 9.79 Å². The number of hydrogen-bond donors (Lipinski definition) is 0. The molecule has 0 N–H and O–H groups in total. The van der Waals surface area contributed by atoms with Crippen LogP contribution in [0.3, 0.4) is 0 Å². The summed E-state index contributed by atoms with van der Waals surface area (Å²) in [7, 11) is 3.16. The van der Waals surface area contributed by atoms with Gasteiger partial charge in [-0.1, -0.05) is 53.8 Å². The molecule has 2 heterocycles. The molecule has 0 saturated heterocycles. The lowest BCUT2D eigenvalue weighted by molar-refractivity contribution is -0.139. The number of nitrogens with zero attached hydrogens (tertiary/aromatic N) is 2. The monoisotopic (exact) mass is 514 g/mol. The highest BCUT2D eigenvalue weighted by Gasteiger charge is 2.34. The van der Waals surface area contributed by atoms with Gasteiger partial charge in [0.15, 0.2) is 4.80 Å². The first-order valence-corrected chi connectivity index (χ1v) is 12.7. The lowest BCUT2D eigenvalue weighted by atomic mass is 9.91. The summed E-state index contributed by atoms with van der Waals surface area (Å²) in [6.45, 7) is 3.77. The van der Waals surface area contributed by atoms with Gasteiger partial charge < -0.3 is 14.2 Å². The number of rotatable bonds is 6. The van der Waals surface area contributed by atoms with Crippen LogP contribution in [-0.2, 0) is 9.53 Å². The van der Waals surface area contributed by atoms with E-state index in [0.717, 1.165) is 21.9 Å². The van der Waals surface area contributed by atoms with E-state index in [1.165, 1.54) is 11.3 Å². The first kappa shape index (κ1) is 24.5. The van der Waals surface area contributed by atoms with Crippen LogP contribution in [0.4, 0.5) is 0 Å². The topological polar surface area (TPSA) is 79.1 Å². The number of benzene rings is 3. The van der Waals surface area contributed by atoms with E-state index >= 15 is 0 Å². The molecule has 0 spiro atoms. The van der Waals surface area contributed by atoms with Crippen molar-refractivity contribution in [3.63, 3.8) is 0 Å². The van der Waals surface area contributed by atoms with Gasteiger partial charge in [-0.3, -0.25) is 9.36 Å². The Morgan fingerprint density at radius 2 is 1.86 bits per heavy atom. The minimum atomic E-state index is -0.679. The number of carbonyl (C=O) groups excluding carboxylic acids is 1. The van der Waals surface area contributed by atoms with Crippen molar-refractivity contribution in [1.82, 2.24) is 4.57 Å². The minimum absolute atomic E-state index is 0.222. The zero-order valence-corrected chi connectivity index (χ0v) is 21.8. The molecule has 37 heavy (non-hydrogen) atoms. The van der Waals surface area contributed by atoms with Crippen molar-refractivity contribution in [3.8, 4) is 11.5 Å². The standard InChI is InChI=1S/C29H26N2O5S/c1-5-36-28(33)25-17(2)30-29-31(26(25)22-12-8-10-18-9-6-7-11-21(18)22)27(32)24(37-29)15-19-13-14-20(34-3)16-23(19)35-4/h6-16,26H,5H2,1-4H3. The molecular weight excluding hydrogens is 488 g/mol. The normalized spacial score (nSPS) is 15.4. The first-order chi connectivity index (χ1) is 18.0. The van der Waals surface area contributed by atoms with Crippen molar-refractivity contribution in [2.45, 2.75) is 19.9 Å². The summed E-state index contributed by atoms with van der Waals surface area (Å²) in [6, 6.07) is 18.6. The number of hydrogen-bond acceptors (Lipinski definition) is 7. The van der Waals surface area contributed by atoms with E-state index in [0.29, 0.717) is 32.1 Å². The highest BCUT2D eigenvalue weighted by Crippen LogP contribution is 2.35. The van der Waals surface area contributed by atoms with Gasteiger partial charge >= 0.3 is 5.97 Å². The van der Waals surface area contributed by atoms with Crippen LogP contribution in [-0.4, -0.2) is 31.4 Å². The summed E-state index contributed by atoms with van der Waals surface area (Å²) >= 11 is 1.28. The number of esters is 1. The predicted octanol–water partition coefficient (Wildman–Crippen LogP) is 3.97. The number of ether oxygens (including phenoxy) is 3. The quantitative estimate of drug-likeness (QED) is 0.364. The average molecular weight is 515 g/mol. The maximum Gasteiger partial charge on any atom is 0.338 e. The van der Waals surface area contributed by atoms with Crippen molar-refractivity contribution >= 4 is 34.2 Å². The summed E-state index contributed by atoms with van der Waals surface area (Å²) < 4.78 is 18.3. The molecule has 7 nitrogen and oxygen atoms in total. The summed E-state index contributed by atoms with van der Waals surface area (Å²) in [5.41, 5.74) is 2.22. The van der Waals surface area contributed by atoms with Crippen LogP contribution >= 0.6 is 11.3 Å². The van der Waals surface area contributed by atoms with Gasteiger partial charge in [0.25, 0.3) is 5.56 Å². The largest absolute Gasteiger partial charge is 0.497 e. The van der Waals surface area contributed by atoms with E-state index < -0.39 is 12.0 Å². The maximum absolute atomic E-state index is 13.9. The van der Waals surface area contributed by atoms with Crippen molar-refractivity contribution in [2.24, 2.45) is 4.99 Å². The molecule has 0 bridgehead atoms. The fraction of sp³-hybridized carbons (Fsp3) is 0.207. The van der Waals surface area contributed by atoms with E-state index in [4.69, 9.17) is 14.2 Å². The zero-order chi connectivity index (χ0) is 26.1. The predicted molar refractivity (Wildman–Crippen MR) is 144 cm³/mol. The molecule has 4 aromatic rings. The zero-order valence-electron chi connectivity index (χ0n) is 21.0. The minimum Gasteiger partial charge on any atom is -0.497 e. The molecule has 1 atom stereocenters. The molecule has 188 valence electrons. The molecule has 3 aromatic carbocycles. The van der Waals surface area contributed by atoms with Gasteiger partial charge in [-0.15, -0.1) is 0 Å². The average Bonchev–Trinajstić information content (AvgIpc) is 3.22. The number of thiazole rings is 1. The molecule has 0 radical (unpaired) electrons. The van der Waals surface area contributed by atoms with Crippen LogP contribution in [0.15, 0.2) is 81.7 Å². The van der Waals surface area contributed by atoms with E-state index in [9.17, 15) is 9.59 Å². The molecular formula is C29H26N2O5S. The molecule has 1 aromatic heterocycles. The van der Waals surface area contributed by atoms with Crippen LogP contribution in [0.2, 0.25) is 0 Å². The molecule has 0 aliphatic carbocycles. The van der Waals surface area contributed by atoms with Crippen LogP contribution in [0.1, 0.15) is 31.0 Å². The van der Waals surface area contributed by atoms with E-state index in [-0.39, 0.29) is 12.2 Å². The second-order valence-electron chi connectivity index (χ2n) is 8.48. The van der Waals surface area contributed by atoms with Crippen molar-refractivity contribution < 1.29 is 19.0 Å². The third-order valence-corrected chi connectivity index (χ3v) is 7.35. The first-order valence-electron chi connectivity index (χ1n) is 11.9. The molecule has 0 amide bonds. The fourth-order valence-corrected chi connectivity index (χ4v) is 5.69. The molecule has 1 aliphatic rings. The third-order valence-electron chi connectivity index (χ3n) is 6.36. The maximum atomic E-state index is 13.9. The van der Waals surface area contributed by atoms with Crippen LogP contribution in [0.5, 0.6) is 11.5 Å². The fourth-order valence-electron chi connectivity index (χ4n) is 4.65. The molecule has 1 aliphatic heterocycles. The Balaban J connectivity index is 1.78. The van der Waals surface area contributed by atoms with Crippen molar-refractivity contribution in [3.05, 3.63) is 103 Å². The van der Waals surface area contributed by atoms with E-state index in [1.807, 2.05) is 54.6 Å². The third kappa shape index (κ3) is 4.34.